The zero-order valence-corrected chi connectivity index (χ0v) is 19.3. The molecule has 176 valence electrons. The van der Waals surface area contributed by atoms with Crippen LogP contribution in [0.4, 0.5) is 4.79 Å². The molecule has 1 fully saturated rings. The molecule has 1 aliphatic heterocycles. The van der Waals surface area contributed by atoms with E-state index in [1.807, 2.05) is 32.9 Å². The summed E-state index contributed by atoms with van der Waals surface area (Å²) in [5, 5.41) is 12.5. The molecule has 3 rings (SSSR count). The van der Waals surface area contributed by atoms with Crippen LogP contribution in [-0.2, 0) is 11.3 Å². The lowest BCUT2D eigenvalue weighted by Gasteiger charge is -2.32. The summed E-state index contributed by atoms with van der Waals surface area (Å²) < 4.78 is 5.28. The Morgan fingerprint density at radius 3 is 2.45 bits per heavy atom. The van der Waals surface area contributed by atoms with Gasteiger partial charge >= 0.3 is 6.09 Å². The van der Waals surface area contributed by atoms with E-state index in [0.717, 1.165) is 18.4 Å². The number of likely N-dealkylation sites (tertiary alicyclic amines) is 1. The predicted octanol–water partition coefficient (Wildman–Crippen LogP) is 3.54. The van der Waals surface area contributed by atoms with Gasteiger partial charge in [-0.1, -0.05) is 24.3 Å². The van der Waals surface area contributed by atoms with E-state index in [1.165, 1.54) is 23.8 Å². The Morgan fingerprint density at radius 2 is 1.82 bits per heavy atom. The Bertz CT molecular complexity index is 1040. The summed E-state index contributed by atoms with van der Waals surface area (Å²) in [4.78, 5) is 38.0. The molecule has 8 heteroatoms. The Hall–Kier alpha value is -3.55. The number of primary amides is 1. The van der Waals surface area contributed by atoms with Gasteiger partial charge in [-0.3, -0.25) is 9.59 Å². The van der Waals surface area contributed by atoms with Gasteiger partial charge in [-0.15, -0.1) is 0 Å². The lowest BCUT2D eigenvalue weighted by atomic mass is 9.88. The van der Waals surface area contributed by atoms with Gasteiger partial charge in [-0.05, 0) is 68.9 Å². The van der Waals surface area contributed by atoms with Crippen molar-refractivity contribution in [3.63, 3.8) is 0 Å². The van der Waals surface area contributed by atoms with Crippen LogP contribution < -0.4 is 11.1 Å². The summed E-state index contributed by atoms with van der Waals surface area (Å²) in [6.07, 6.45) is 1.15. The third kappa shape index (κ3) is 6.47. The van der Waals surface area contributed by atoms with Gasteiger partial charge in [0.05, 0.1) is 5.56 Å². The highest BCUT2D eigenvalue weighted by Crippen LogP contribution is 2.29. The van der Waals surface area contributed by atoms with Crippen LogP contribution in [0.3, 0.4) is 0 Å². The molecule has 2 aromatic rings. The molecule has 1 saturated heterocycles. The smallest absolute Gasteiger partial charge is 0.407 e. The standard InChI is InChI=1S/C25H31N3O5/c1-25(2,3)33-24(32)27-15-16-5-4-6-18(13-16)17-9-11-28(12-10-17)23(31)19-7-8-21(29)20(14-19)22(26)30/h4-8,13-14,17,29H,9-12,15H2,1-3H3,(H2,26,30)(H,27,32). The minimum Gasteiger partial charge on any atom is -0.507 e. The zero-order chi connectivity index (χ0) is 24.2. The second-order valence-corrected chi connectivity index (χ2v) is 9.26. The topological polar surface area (TPSA) is 122 Å². The number of alkyl carbamates (subject to hydrolysis) is 1. The number of ether oxygens (including phenoxy) is 1. The molecule has 33 heavy (non-hydrogen) atoms. The number of nitrogens with two attached hydrogens (primary N) is 1. The predicted molar refractivity (Wildman–Crippen MR) is 124 cm³/mol. The van der Waals surface area contributed by atoms with Crippen molar-refractivity contribution >= 4 is 17.9 Å². The lowest BCUT2D eigenvalue weighted by molar-refractivity contribution is 0.0523. The molecule has 0 spiro atoms. The fraction of sp³-hybridized carbons (Fsp3) is 0.400. The summed E-state index contributed by atoms with van der Waals surface area (Å²) in [6.45, 7) is 7.00. The van der Waals surface area contributed by atoms with E-state index in [9.17, 15) is 19.5 Å². The number of benzene rings is 2. The average molecular weight is 454 g/mol. The number of aromatic hydroxyl groups is 1. The number of carbonyl (C=O) groups is 3. The summed E-state index contributed by atoms with van der Waals surface area (Å²) in [6, 6.07) is 12.2. The summed E-state index contributed by atoms with van der Waals surface area (Å²) in [5.41, 5.74) is 7.15. The summed E-state index contributed by atoms with van der Waals surface area (Å²) in [7, 11) is 0. The number of rotatable bonds is 5. The molecule has 1 heterocycles. The van der Waals surface area contributed by atoms with Crippen LogP contribution in [0.1, 0.15) is 71.4 Å². The van der Waals surface area contributed by atoms with Crippen molar-refractivity contribution in [2.24, 2.45) is 5.73 Å². The van der Waals surface area contributed by atoms with Gasteiger partial charge < -0.3 is 25.8 Å². The van der Waals surface area contributed by atoms with Crippen LogP contribution >= 0.6 is 0 Å². The quantitative estimate of drug-likeness (QED) is 0.639. The highest BCUT2D eigenvalue weighted by molar-refractivity contribution is 6.00. The van der Waals surface area contributed by atoms with Crippen LogP contribution in [0.15, 0.2) is 42.5 Å². The molecular formula is C25H31N3O5. The Morgan fingerprint density at radius 1 is 1.12 bits per heavy atom. The van der Waals surface area contributed by atoms with E-state index >= 15 is 0 Å². The number of nitrogens with zero attached hydrogens (tertiary/aromatic N) is 1. The monoisotopic (exact) mass is 453 g/mol. The van der Waals surface area contributed by atoms with Crippen molar-refractivity contribution in [1.82, 2.24) is 10.2 Å². The van der Waals surface area contributed by atoms with Gasteiger partial charge in [0.15, 0.2) is 0 Å². The van der Waals surface area contributed by atoms with E-state index < -0.39 is 17.6 Å². The molecular weight excluding hydrogens is 422 g/mol. The first-order chi connectivity index (χ1) is 15.5. The summed E-state index contributed by atoms with van der Waals surface area (Å²) in [5.74, 6) is -0.900. The van der Waals surface area contributed by atoms with Gasteiger partial charge in [-0.25, -0.2) is 4.79 Å². The first-order valence-corrected chi connectivity index (χ1v) is 11.0. The fourth-order valence-electron chi connectivity index (χ4n) is 3.91. The molecule has 3 amide bonds. The third-order valence-electron chi connectivity index (χ3n) is 5.55. The zero-order valence-electron chi connectivity index (χ0n) is 19.3. The van der Waals surface area contributed by atoms with E-state index in [-0.39, 0.29) is 17.2 Å². The number of amides is 3. The molecule has 0 aromatic heterocycles. The number of nitrogens with one attached hydrogen (secondary N) is 1. The number of hydrogen-bond acceptors (Lipinski definition) is 5. The van der Waals surface area contributed by atoms with Crippen molar-refractivity contribution in [1.29, 1.82) is 0 Å². The molecule has 2 aromatic carbocycles. The third-order valence-corrected chi connectivity index (χ3v) is 5.55. The molecule has 0 bridgehead atoms. The second-order valence-electron chi connectivity index (χ2n) is 9.26. The second kappa shape index (κ2) is 9.94. The highest BCUT2D eigenvalue weighted by Gasteiger charge is 2.25. The van der Waals surface area contributed by atoms with Crippen molar-refractivity contribution in [2.75, 3.05) is 13.1 Å². The van der Waals surface area contributed by atoms with Crippen molar-refractivity contribution < 1.29 is 24.2 Å². The molecule has 8 nitrogen and oxygen atoms in total. The number of hydrogen-bond donors (Lipinski definition) is 3. The Kier molecular flexibility index (Phi) is 7.26. The number of piperidine rings is 1. The van der Waals surface area contributed by atoms with Crippen LogP contribution in [0.25, 0.3) is 0 Å². The molecule has 1 aliphatic rings. The van der Waals surface area contributed by atoms with E-state index in [2.05, 4.69) is 17.4 Å². The molecule has 0 saturated carbocycles. The van der Waals surface area contributed by atoms with Gasteiger partial charge in [0.1, 0.15) is 11.4 Å². The van der Waals surface area contributed by atoms with Crippen LogP contribution in [-0.4, -0.2) is 46.6 Å². The first kappa shape index (κ1) is 24.1. The maximum Gasteiger partial charge on any atom is 0.407 e. The van der Waals surface area contributed by atoms with E-state index in [4.69, 9.17) is 10.5 Å². The van der Waals surface area contributed by atoms with Crippen LogP contribution in [0.5, 0.6) is 5.75 Å². The van der Waals surface area contributed by atoms with Crippen molar-refractivity contribution in [3.05, 3.63) is 64.7 Å². The van der Waals surface area contributed by atoms with E-state index in [0.29, 0.717) is 31.1 Å². The van der Waals surface area contributed by atoms with Gasteiger partial charge in [-0.2, -0.15) is 0 Å². The maximum absolute atomic E-state index is 12.9. The van der Waals surface area contributed by atoms with Gasteiger partial charge in [0.25, 0.3) is 11.8 Å². The Labute approximate surface area is 193 Å². The van der Waals surface area contributed by atoms with E-state index in [1.54, 1.807) is 4.90 Å². The fourth-order valence-corrected chi connectivity index (χ4v) is 3.91. The minimum atomic E-state index is -0.776. The van der Waals surface area contributed by atoms with Gasteiger partial charge in [0, 0.05) is 25.2 Å². The van der Waals surface area contributed by atoms with Crippen LogP contribution in [0.2, 0.25) is 0 Å². The first-order valence-electron chi connectivity index (χ1n) is 11.0. The molecule has 0 unspecified atom stereocenters. The normalized spacial score (nSPS) is 14.6. The summed E-state index contributed by atoms with van der Waals surface area (Å²) >= 11 is 0. The number of phenols is 1. The maximum atomic E-state index is 12.9. The SMILES string of the molecule is CC(C)(C)OC(=O)NCc1cccc(C2CCN(C(=O)c3ccc(O)c(C(N)=O)c3)CC2)c1. The molecule has 4 N–H and O–H groups in total. The number of carbonyl (C=O) groups excluding carboxylic acids is 3. The van der Waals surface area contributed by atoms with Crippen molar-refractivity contribution in [3.8, 4) is 5.75 Å². The molecule has 0 radical (unpaired) electrons. The largest absolute Gasteiger partial charge is 0.507 e. The highest BCUT2D eigenvalue weighted by atomic mass is 16.6. The molecule has 0 aliphatic carbocycles. The lowest BCUT2D eigenvalue weighted by Crippen LogP contribution is -2.38. The van der Waals surface area contributed by atoms with Crippen LogP contribution in [0, 0.1) is 0 Å². The minimum absolute atomic E-state index is 0.0625. The average Bonchev–Trinajstić information content (AvgIpc) is 2.76. The van der Waals surface area contributed by atoms with Crippen molar-refractivity contribution in [2.45, 2.75) is 51.7 Å². The van der Waals surface area contributed by atoms with Gasteiger partial charge in [0.2, 0.25) is 0 Å². The Balaban J connectivity index is 1.58. The molecule has 0 atom stereocenters.